The van der Waals surface area contributed by atoms with Gasteiger partial charge in [0.25, 0.3) is 0 Å². The third-order valence-corrected chi connectivity index (χ3v) is 6.61. The van der Waals surface area contributed by atoms with Crippen LogP contribution in [0.15, 0.2) is 96.4 Å². The summed E-state index contributed by atoms with van der Waals surface area (Å²) in [6.07, 6.45) is 2.98. The van der Waals surface area contributed by atoms with Crippen LogP contribution in [0.4, 0.5) is 0 Å². The van der Waals surface area contributed by atoms with E-state index in [0.717, 1.165) is 22.3 Å². The van der Waals surface area contributed by atoms with Gasteiger partial charge in [0.15, 0.2) is 11.9 Å². The first-order valence-corrected chi connectivity index (χ1v) is 11.3. The second-order valence-electron chi connectivity index (χ2n) is 8.16. The molecule has 5 rings (SSSR count). The van der Waals surface area contributed by atoms with Gasteiger partial charge < -0.3 is 9.82 Å². The highest BCUT2D eigenvalue weighted by atomic mass is 35.5. The molecule has 1 aliphatic heterocycles. The second kappa shape index (κ2) is 8.54. The first kappa shape index (κ1) is 21.5. The number of aromatic amines is 1. The Labute approximate surface area is 201 Å². The standard InChI is InChI=1S/C27H20Cl2N2O2/c1-27(25(32)23-16-30-15-22(23)17-7-11-20(28)12-8-17)24(18-9-13-21(29)14-10-18)31-33-26(27)19-5-3-2-4-6-19/h2-16,26,30H,1H3. The van der Waals surface area contributed by atoms with Gasteiger partial charge in [-0.3, -0.25) is 4.79 Å². The summed E-state index contributed by atoms with van der Waals surface area (Å²) < 4.78 is 0. The van der Waals surface area contributed by atoms with Crippen molar-refractivity contribution >= 4 is 34.7 Å². The lowest BCUT2D eigenvalue weighted by molar-refractivity contribution is 0.0279. The summed E-state index contributed by atoms with van der Waals surface area (Å²) >= 11 is 12.2. The predicted molar refractivity (Wildman–Crippen MR) is 132 cm³/mol. The van der Waals surface area contributed by atoms with E-state index >= 15 is 0 Å². The number of Topliss-reactive ketones (excluding diaryl/α,β-unsaturated/α-hetero) is 1. The van der Waals surface area contributed by atoms with Crippen molar-refractivity contribution in [2.45, 2.75) is 13.0 Å². The average Bonchev–Trinajstić information content (AvgIpc) is 3.46. The quantitative estimate of drug-likeness (QED) is 0.307. The average molecular weight is 475 g/mol. The molecule has 33 heavy (non-hydrogen) atoms. The minimum atomic E-state index is -1.07. The lowest BCUT2D eigenvalue weighted by Crippen LogP contribution is -2.39. The molecule has 0 bridgehead atoms. The Kier molecular flexibility index (Phi) is 5.57. The number of aromatic nitrogens is 1. The molecule has 0 saturated carbocycles. The highest BCUT2D eigenvalue weighted by Gasteiger charge is 2.53. The Morgan fingerprint density at radius 1 is 0.879 bits per heavy atom. The van der Waals surface area contributed by atoms with Crippen LogP contribution in [0.25, 0.3) is 11.1 Å². The summed E-state index contributed by atoms with van der Waals surface area (Å²) in [4.78, 5) is 23.3. The lowest BCUT2D eigenvalue weighted by Gasteiger charge is -2.29. The van der Waals surface area contributed by atoms with Crippen LogP contribution in [-0.2, 0) is 4.84 Å². The van der Waals surface area contributed by atoms with Crippen molar-refractivity contribution in [3.8, 4) is 11.1 Å². The fourth-order valence-corrected chi connectivity index (χ4v) is 4.59. The van der Waals surface area contributed by atoms with Crippen molar-refractivity contribution < 1.29 is 9.63 Å². The van der Waals surface area contributed by atoms with Gasteiger partial charge in [-0.15, -0.1) is 0 Å². The van der Waals surface area contributed by atoms with E-state index in [-0.39, 0.29) is 5.78 Å². The Bertz CT molecular complexity index is 1330. The van der Waals surface area contributed by atoms with Gasteiger partial charge in [-0.05, 0) is 42.3 Å². The molecule has 0 spiro atoms. The van der Waals surface area contributed by atoms with Gasteiger partial charge in [0.2, 0.25) is 0 Å². The van der Waals surface area contributed by atoms with Crippen LogP contribution >= 0.6 is 23.2 Å². The van der Waals surface area contributed by atoms with E-state index in [4.69, 9.17) is 28.0 Å². The molecule has 2 unspecified atom stereocenters. The first-order chi connectivity index (χ1) is 16.0. The van der Waals surface area contributed by atoms with Crippen LogP contribution in [0.5, 0.6) is 0 Å². The zero-order chi connectivity index (χ0) is 23.0. The number of carbonyl (C=O) groups is 1. The van der Waals surface area contributed by atoms with Gasteiger partial charge in [-0.2, -0.15) is 0 Å². The number of benzene rings is 3. The van der Waals surface area contributed by atoms with Crippen molar-refractivity contribution in [1.82, 2.24) is 4.98 Å². The Balaban J connectivity index is 1.63. The molecule has 2 heterocycles. The van der Waals surface area contributed by atoms with E-state index in [9.17, 15) is 4.79 Å². The lowest BCUT2D eigenvalue weighted by atomic mass is 9.69. The highest BCUT2D eigenvalue weighted by molar-refractivity contribution is 6.31. The summed E-state index contributed by atoms with van der Waals surface area (Å²) in [5.41, 5.74) is 3.43. The van der Waals surface area contributed by atoms with Crippen molar-refractivity contribution in [3.63, 3.8) is 0 Å². The van der Waals surface area contributed by atoms with Crippen LogP contribution in [0.2, 0.25) is 10.0 Å². The minimum Gasteiger partial charge on any atom is -0.386 e. The smallest absolute Gasteiger partial charge is 0.181 e. The van der Waals surface area contributed by atoms with Gasteiger partial charge >= 0.3 is 0 Å². The van der Waals surface area contributed by atoms with E-state index < -0.39 is 11.5 Å². The molecular weight excluding hydrogens is 455 g/mol. The van der Waals surface area contributed by atoms with Crippen LogP contribution in [0.1, 0.15) is 34.5 Å². The van der Waals surface area contributed by atoms with Gasteiger partial charge in [0, 0.05) is 39.1 Å². The molecule has 1 aromatic heterocycles. The highest BCUT2D eigenvalue weighted by Crippen LogP contribution is 2.48. The van der Waals surface area contributed by atoms with Gasteiger partial charge in [0.1, 0.15) is 11.1 Å². The normalized spacial score (nSPS) is 19.7. The maximum atomic E-state index is 14.3. The molecule has 4 nitrogen and oxygen atoms in total. The number of halogens is 2. The van der Waals surface area contributed by atoms with E-state index in [1.807, 2.05) is 79.9 Å². The Morgan fingerprint density at radius 3 is 2.12 bits per heavy atom. The van der Waals surface area contributed by atoms with Crippen LogP contribution in [0, 0.1) is 5.41 Å². The summed E-state index contributed by atoms with van der Waals surface area (Å²) in [7, 11) is 0. The Hall–Kier alpha value is -3.34. The third kappa shape index (κ3) is 3.75. The monoisotopic (exact) mass is 474 g/mol. The van der Waals surface area contributed by atoms with Gasteiger partial charge in [0.05, 0.1) is 0 Å². The molecule has 6 heteroatoms. The number of oxime groups is 1. The summed E-state index contributed by atoms with van der Waals surface area (Å²) in [6.45, 7) is 1.89. The molecular formula is C27H20Cl2N2O2. The van der Waals surface area contributed by atoms with Crippen molar-refractivity contribution in [2.24, 2.45) is 10.6 Å². The van der Waals surface area contributed by atoms with Gasteiger partial charge in [-0.1, -0.05) is 83.0 Å². The molecule has 164 valence electrons. The second-order valence-corrected chi connectivity index (χ2v) is 9.04. The van der Waals surface area contributed by atoms with Crippen molar-refractivity contribution in [3.05, 3.63) is 118 Å². The van der Waals surface area contributed by atoms with Crippen LogP contribution in [-0.4, -0.2) is 16.5 Å². The molecule has 1 aliphatic rings. The van der Waals surface area contributed by atoms with Crippen molar-refractivity contribution in [2.75, 3.05) is 0 Å². The molecule has 0 amide bonds. The van der Waals surface area contributed by atoms with E-state index in [1.54, 1.807) is 18.3 Å². The maximum Gasteiger partial charge on any atom is 0.181 e. The van der Waals surface area contributed by atoms with Crippen molar-refractivity contribution in [1.29, 1.82) is 0 Å². The van der Waals surface area contributed by atoms with Gasteiger partial charge in [-0.25, -0.2) is 0 Å². The number of ketones is 1. The summed E-state index contributed by atoms with van der Waals surface area (Å²) in [6, 6.07) is 24.4. The zero-order valence-electron chi connectivity index (χ0n) is 17.8. The minimum absolute atomic E-state index is 0.0891. The van der Waals surface area contributed by atoms with Crippen LogP contribution < -0.4 is 0 Å². The SMILES string of the molecule is CC1(C(=O)c2c[nH]cc2-c2ccc(Cl)cc2)C(c2ccc(Cl)cc2)=NOC1c1ccccc1. The first-order valence-electron chi connectivity index (χ1n) is 10.5. The molecule has 0 aliphatic carbocycles. The summed E-state index contributed by atoms with van der Waals surface area (Å²) in [5, 5.41) is 5.67. The number of H-pyrrole nitrogens is 1. The third-order valence-electron chi connectivity index (χ3n) is 6.10. The zero-order valence-corrected chi connectivity index (χ0v) is 19.3. The molecule has 0 radical (unpaired) electrons. The Morgan fingerprint density at radius 2 is 1.48 bits per heavy atom. The topological polar surface area (TPSA) is 54.5 Å². The number of nitrogens with one attached hydrogen (secondary N) is 1. The van der Waals surface area contributed by atoms with E-state index in [1.165, 1.54) is 0 Å². The number of rotatable bonds is 5. The molecule has 0 fully saturated rings. The summed E-state index contributed by atoms with van der Waals surface area (Å²) in [5.74, 6) is -0.0891. The molecule has 2 atom stereocenters. The van der Waals surface area contributed by atoms with Crippen LogP contribution in [0.3, 0.4) is 0 Å². The number of nitrogens with zero attached hydrogens (tertiary/aromatic N) is 1. The number of hydrogen-bond acceptors (Lipinski definition) is 3. The molecule has 3 aromatic carbocycles. The molecule has 4 aromatic rings. The van der Waals surface area contributed by atoms with E-state index in [0.29, 0.717) is 21.3 Å². The molecule has 0 saturated heterocycles. The fourth-order valence-electron chi connectivity index (χ4n) is 4.34. The fraction of sp³-hybridized carbons (Fsp3) is 0.111. The predicted octanol–water partition coefficient (Wildman–Crippen LogP) is 7.35. The largest absolute Gasteiger partial charge is 0.386 e. The maximum absolute atomic E-state index is 14.3. The molecule has 1 N–H and O–H groups in total. The number of carbonyl (C=O) groups excluding carboxylic acids is 1. The van der Waals surface area contributed by atoms with E-state index in [2.05, 4.69) is 10.1 Å². The number of hydrogen-bond donors (Lipinski definition) is 1.